The highest BCUT2D eigenvalue weighted by atomic mass is 16.4. The van der Waals surface area contributed by atoms with E-state index in [9.17, 15) is 9.90 Å². The van der Waals surface area contributed by atoms with Crippen molar-refractivity contribution in [2.75, 3.05) is 13.1 Å². The van der Waals surface area contributed by atoms with Crippen molar-refractivity contribution in [3.63, 3.8) is 0 Å². The van der Waals surface area contributed by atoms with Gasteiger partial charge < -0.3 is 5.11 Å². The maximum absolute atomic E-state index is 11.9. The van der Waals surface area contributed by atoms with Gasteiger partial charge in [0.25, 0.3) is 0 Å². The van der Waals surface area contributed by atoms with Gasteiger partial charge in [-0.2, -0.15) is 0 Å². The van der Waals surface area contributed by atoms with E-state index in [1.54, 1.807) is 0 Å². The highest BCUT2D eigenvalue weighted by molar-refractivity contribution is 5.75. The zero-order valence-corrected chi connectivity index (χ0v) is 13.6. The summed E-state index contributed by atoms with van der Waals surface area (Å²) >= 11 is 0. The minimum atomic E-state index is -0.567. The number of nitrogens with zero attached hydrogens (tertiary/aromatic N) is 1. The van der Waals surface area contributed by atoms with Crippen LogP contribution in [0.15, 0.2) is 0 Å². The summed E-state index contributed by atoms with van der Waals surface area (Å²) in [6.07, 6.45) is 5.25. The van der Waals surface area contributed by atoms with Crippen molar-refractivity contribution in [3.05, 3.63) is 0 Å². The normalized spacial score (nSPS) is 43.4. The highest BCUT2D eigenvalue weighted by Crippen LogP contribution is 2.42. The van der Waals surface area contributed by atoms with Gasteiger partial charge in [-0.25, -0.2) is 0 Å². The molecule has 20 heavy (non-hydrogen) atoms. The monoisotopic (exact) mass is 281 g/mol. The number of aliphatic carboxylic acids is 1. The van der Waals surface area contributed by atoms with Crippen molar-refractivity contribution in [2.24, 2.45) is 23.2 Å². The van der Waals surface area contributed by atoms with Gasteiger partial charge in [0.05, 0.1) is 5.41 Å². The van der Waals surface area contributed by atoms with E-state index in [0.29, 0.717) is 23.8 Å². The Morgan fingerprint density at radius 2 is 1.95 bits per heavy atom. The summed E-state index contributed by atoms with van der Waals surface area (Å²) in [6.45, 7) is 10.9. The molecule has 5 unspecified atom stereocenters. The van der Waals surface area contributed by atoms with Crippen molar-refractivity contribution in [3.8, 4) is 0 Å². The summed E-state index contributed by atoms with van der Waals surface area (Å²) in [5.74, 6) is 1.34. The molecule has 2 rings (SSSR count). The van der Waals surface area contributed by atoms with Gasteiger partial charge in [0.1, 0.15) is 0 Å². The maximum Gasteiger partial charge on any atom is 0.310 e. The predicted octanol–water partition coefficient (Wildman–Crippen LogP) is 3.63. The molecule has 1 aliphatic carbocycles. The van der Waals surface area contributed by atoms with Crippen molar-refractivity contribution in [2.45, 2.75) is 65.8 Å². The molecule has 0 bridgehead atoms. The van der Waals surface area contributed by atoms with E-state index < -0.39 is 11.4 Å². The second-order valence-corrected chi connectivity index (χ2v) is 7.78. The molecule has 1 saturated heterocycles. The van der Waals surface area contributed by atoms with Crippen LogP contribution in [0.3, 0.4) is 0 Å². The van der Waals surface area contributed by atoms with Crippen LogP contribution in [0.4, 0.5) is 0 Å². The molecule has 0 amide bonds. The number of carboxylic acids is 1. The first-order valence-corrected chi connectivity index (χ1v) is 8.31. The highest BCUT2D eigenvalue weighted by Gasteiger charge is 2.45. The summed E-state index contributed by atoms with van der Waals surface area (Å²) < 4.78 is 0. The van der Waals surface area contributed by atoms with Crippen LogP contribution >= 0.6 is 0 Å². The molecule has 0 aromatic rings. The summed E-state index contributed by atoms with van der Waals surface area (Å²) in [5, 5.41) is 9.83. The standard InChI is InChI=1S/C17H31NO2/c1-12-6-5-7-17(9-12,16(19)20)11-18-10-13(2)8-14(3)15(18)4/h12-15H,5-11H2,1-4H3,(H,19,20). The molecule has 0 aromatic heterocycles. The van der Waals surface area contributed by atoms with E-state index in [4.69, 9.17) is 0 Å². The average Bonchev–Trinajstić information content (AvgIpc) is 2.35. The fraction of sp³-hybridized carbons (Fsp3) is 0.941. The zero-order valence-electron chi connectivity index (χ0n) is 13.6. The topological polar surface area (TPSA) is 40.5 Å². The molecule has 2 aliphatic rings. The Morgan fingerprint density at radius 1 is 1.25 bits per heavy atom. The summed E-state index contributed by atoms with van der Waals surface area (Å²) in [5.41, 5.74) is -0.497. The van der Waals surface area contributed by atoms with Crippen molar-refractivity contribution in [1.29, 1.82) is 0 Å². The summed E-state index contributed by atoms with van der Waals surface area (Å²) in [6, 6.07) is 0.514. The van der Waals surface area contributed by atoms with Crippen LogP contribution in [0, 0.1) is 23.2 Å². The van der Waals surface area contributed by atoms with Crippen LogP contribution in [-0.4, -0.2) is 35.1 Å². The van der Waals surface area contributed by atoms with Crippen LogP contribution in [0.2, 0.25) is 0 Å². The molecule has 1 heterocycles. The molecule has 0 spiro atoms. The first-order valence-electron chi connectivity index (χ1n) is 8.31. The van der Waals surface area contributed by atoms with Crippen molar-refractivity contribution >= 4 is 5.97 Å². The van der Waals surface area contributed by atoms with Crippen molar-refractivity contribution in [1.82, 2.24) is 4.90 Å². The minimum Gasteiger partial charge on any atom is -0.481 e. The lowest BCUT2D eigenvalue weighted by Gasteiger charge is -2.46. The minimum absolute atomic E-state index is 0.497. The average molecular weight is 281 g/mol. The van der Waals surface area contributed by atoms with Crippen LogP contribution < -0.4 is 0 Å². The molecular formula is C17H31NO2. The van der Waals surface area contributed by atoms with Gasteiger partial charge in [0.2, 0.25) is 0 Å². The van der Waals surface area contributed by atoms with E-state index in [1.165, 1.54) is 12.8 Å². The lowest BCUT2D eigenvalue weighted by Crippen LogP contribution is -2.53. The molecular weight excluding hydrogens is 250 g/mol. The molecule has 0 aromatic carbocycles. The summed E-state index contributed by atoms with van der Waals surface area (Å²) in [4.78, 5) is 14.4. The Kier molecular flexibility index (Phi) is 4.78. The van der Waals surface area contributed by atoms with Crippen molar-refractivity contribution < 1.29 is 9.90 Å². The maximum atomic E-state index is 11.9. The first kappa shape index (κ1) is 15.8. The van der Waals surface area contributed by atoms with Crippen LogP contribution in [0.5, 0.6) is 0 Å². The smallest absolute Gasteiger partial charge is 0.310 e. The SMILES string of the molecule is CC1CC(C)C(C)N(CC2(C(=O)O)CCCC(C)C2)C1. The molecule has 1 aliphatic heterocycles. The third-order valence-electron chi connectivity index (χ3n) is 5.77. The fourth-order valence-electron chi connectivity index (χ4n) is 4.50. The molecule has 1 saturated carbocycles. The molecule has 3 nitrogen and oxygen atoms in total. The van der Waals surface area contributed by atoms with Gasteiger partial charge in [-0.3, -0.25) is 9.69 Å². The lowest BCUT2D eigenvalue weighted by atomic mass is 9.69. The van der Waals surface area contributed by atoms with Crippen LogP contribution in [0.1, 0.15) is 59.8 Å². The van der Waals surface area contributed by atoms with Crippen LogP contribution in [0.25, 0.3) is 0 Å². The molecule has 1 N–H and O–H groups in total. The Bertz CT molecular complexity index is 357. The van der Waals surface area contributed by atoms with Gasteiger partial charge >= 0.3 is 5.97 Å². The number of likely N-dealkylation sites (tertiary alicyclic amines) is 1. The number of carboxylic acid groups (broad SMARTS) is 1. The Labute approximate surface area is 123 Å². The van der Waals surface area contributed by atoms with E-state index in [-0.39, 0.29) is 0 Å². The van der Waals surface area contributed by atoms with Gasteiger partial charge in [-0.1, -0.05) is 33.6 Å². The predicted molar refractivity (Wildman–Crippen MR) is 81.7 cm³/mol. The van der Waals surface area contributed by atoms with Crippen LogP contribution in [-0.2, 0) is 4.79 Å². The second kappa shape index (κ2) is 6.05. The molecule has 0 radical (unpaired) electrons. The quantitative estimate of drug-likeness (QED) is 0.858. The number of hydrogen-bond acceptors (Lipinski definition) is 2. The number of rotatable bonds is 3. The molecule has 5 atom stereocenters. The molecule has 2 fully saturated rings. The largest absolute Gasteiger partial charge is 0.481 e. The number of piperidine rings is 1. The van der Waals surface area contributed by atoms with E-state index in [2.05, 4.69) is 32.6 Å². The lowest BCUT2D eigenvalue weighted by molar-refractivity contribution is -0.155. The Hall–Kier alpha value is -0.570. The third-order valence-corrected chi connectivity index (χ3v) is 5.77. The molecule has 3 heteroatoms. The van der Waals surface area contributed by atoms with E-state index in [1.807, 2.05) is 0 Å². The number of carbonyl (C=O) groups is 1. The second-order valence-electron chi connectivity index (χ2n) is 7.78. The van der Waals surface area contributed by atoms with Gasteiger partial charge in [-0.15, -0.1) is 0 Å². The summed E-state index contributed by atoms with van der Waals surface area (Å²) in [7, 11) is 0. The number of hydrogen-bond donors (Lipinski definition) is 1. The van der Waals surface area contributed by atoms with Gasteiger partial charge in [0, 0.05) is 19.1 Å². The Morgan fingerprint density at radius 3 is 2.55 bits per heavy atom. The first-order chi connectivity index (χ1) is 9.34. The fourth-order valence-corrected chi connectivity index (χ4v) is 4.50. The van der Waals surface area contributed by atoms with E-state index in [0.717, 1.165) is 32.4 Å². The zero-order chi connectivity index (χ0) is 14.9. The molecule has 116 valence electrons. The van der Waals surface area contributed by atoms with Gasteiger partial charge in [0.15, 0.2) is 0 Å². The van der Waals surface area contributed by atoms with E-state index >= 15 is 0 Å². The third kappa shape index (κ3) is 3.19. The Balaban J connectivity index is 2.13. The van der Waals surface area contributed by atoms with Gasteiger partial charge in [-0.05, 0) is 43.9 Å².